The molecule has 0 unspecified atom stereocenters. The molecule has 1 aromatic carbocycles. The minimum Gasteiger partial charge on any atom is -0.352 e. The van der Waals surface area contributed by atoms with Gasteiger partial charge in [0.2, 0.25) is 5.76 Å². The lowest BCUT2D eigenvalue weighted by molar-refractivity contribution is 0.109. The highest BCUT2D eigenvalue weighted by molar-refractivity contribution is 9.10. The third kappa shape index (κ3) is 1.04. The van der Waals surface area contributed by atoms with Crippen molar-refractivity contribution in [3.63, 3.8) is 0 Å². The SMILES string of the molecule is O=Cc1onc2ccc(Br)cc12. The average molecular weight is 226 g/mol. The van der Waals surface area contributed by atoms with Gasteiger partial charge in [0.25, 0.3) is 0 Å². The van der Waals surface area contributed by atoms with Crippen molar-refractivity contribution < 1.29 is 9.32 Å². The molecule has 60 valence electrons. The number of aromatic nitrogens is 1. The molecular weight excluding hydrogens is 222 g/mol. The zero-order chi connectivity index (χ0) is 8.55. The van der Waals surface area contributed by atoms with Gasteiger partial charge in [0, 0.05) is 4.47 Å². The van der Waals surface area contributed by atoms with Gasteiger partial charge >= 0.3 is 0 Å². The number of hydrogen-bond donors (Lipinski definition) is 0. The lowest BCUT2D eigenvalue weighted by atomic mass is 10.2. The maximum atomic E-state index is 10.4. The summed E-state index contributed by atoms with van der Waals surface area (Å²) in [5, 5.41) is 4.44. The van der Waals surface area contributed by atoms with Crippen LogP contribution in [0.3, 0.4) is 0 Å². The van der Waals surface area contributed by atoms with Crippen molar-refractivity contribution in [3.8, 4) is 0 Å². The summed E-state index contributed by atoms with van der Waals surface area (Å²) in [5.41, 5.74) is 0.695. The first-order valence-electron chi connectivity index (χ1n) is 3.31. The first-order chi connectivity index (χ1) is 5.81. The van der Waals surface area contributed by atoms with Crippen LogP contribution in [-0.4, -0.2) is 11.4 Å². The van der Waals surface area contributed by atoms with Gasteiger partial charge < -0.3 is 4.52 Å². The van der Waals surface area contributed by atoms with Gasteiger partial charge in [-0.05, 0) is 18.2 Å². The van der Waals surface area contributed by atoms with Crippen molar-refractivity contribution in [2.75, 3.05) is 0 Å². The summed E-state index contributed by atoms with van der Waals surface area (Å²) in [4.78, 5) is 10.4. The van der Waals surface area contributed by atoms with Gasteiger partial charge in [0.1, 0.15) is 5.52 Å². The minimum absolute atomic E-state index is 0.270. The first-order valence-corrected chi connectivity index (χ1v) is 4.10. The van der Waals surface area contributed by atoms with E-state index in [1.54, 1.807) is 12.1 Å². The van der Waals surface area contributed by atoms with Gasteiger partial charge in [-0.1, -0.05) is 21.1 Å². The zero-order valence-electron chi connectivity index (χ0n) is 5.95. The van der Waals surface area contributed by atoms with Crippen LogP contribution < -0.4 is 0 Å². The predicted octanol–water partition coefficient (Wildman–Crippen LogP) is 2.40. The standard InChI is InChI=1S/C8H4BrNO2/c9-5-1-2-7-6(3-5)8(4-11)12-10-7/h1-4H. The second-order valence-electron chi connectivity index (χ2n) is 2.33. The Balaban J connectivity index is 2.83. The van der Waals surface area contributed by atoms with Crippen molar-refractivity contribution in [2.24, 2.45) is 0 Å². The van der Waals surface area contributed by atoms with E-state index in [4.69, 9.17) is 4.52 Å². The molecule has 0 atom stereocenters. The molecule has 0 spiro atoms. The Labute approximate surface area is 76.5 Å². The summed E-state index contributed by atoms with van der Waals surface area (Å²) in [7, 11) is 0. The van der Waals surface area contributed by atoms with Crippen LogP contribution in [0.5, 0.6) is 0 Å². The summed E-state index contributed by atoms with van der Waals surface area (Å²) in [6, 6.07) is 5.44. The normalized spacial score (nSPS) is 10.4. The fraction of sp³-hybridized carbons (Fsp3) is 0. The van der Waals surface area contributed by atoms with Gasteiger partial charge in [-0.2, -0.15) is 0 Å². The van der Waals surface area contributed by atoms with Crippen LogP contribution >= 0.6 is 15.9 Å². The number of carbonyl (C=O) groups excluding carboxylic acids is 1. The third-order valence-electron chi connectivity index (χ3n) is 1.57. The molecule has 0 aliphatic carbocycles. The van der Waals surface area contributed by atoms with Crippen LogP contribution in [-0.2, 0) is 0 Å². The molecule has 4 heteroatoms. The summed E-state index contributed by atoms with van der Waals surface area (Å²) >= 11 is 3.30. The van der Waals surface area contributed by atoms with Crippen LogP contribution in [0.2, 0.25) is 0 Å². The van der Waals surface area contributed by atoms with Crippen molar-refractivity contribution in [1.82, 2.24) is 5.16 Å². The smallest absolute Gasteiger partial charge is 0.207 e. The molecular formula is C8H4BrNO2. The van der Waals surface area contributed by atoms with Gasteiger partial charge in [0.15, 0.2) is 6.29 Å². The van der Waals surface area contributed by atoms with Gasteiger partial charge in [-0.3, -0.25) is 4.79 Å². The summed E-state index contributed by atoms with van der Waals surface area (Å²) < 4.78 is 5.68. The fourth-order valence-electron chi connectivity index (χ4n) is 1.02. The molecule has 0 radical (unpaired) electrons. The summed E-state index contributed by atoms with van der Waals surface area (Å²) in [6.07, 6.45) is 0.655. The Hall–Kier alpha value is -1.16. The van der Waals surface area contributed by atoms with E-state index in [0.717, 1.165) is 9.86 Å². The second kappa shape index (κ2) is 2.71. The van der Waals surface area contributed by atoms with E-state index in [1.807, 2.05) is 6.07 Å². The van der Waals surface area contributed by atoms with Crippen molar-refractivity contribution in [3.05, 3.63) is 28.4 Å². The number of aldehydes is 1. The molecule has 0 aliphatic rings. The molecule has 12 heavy (non-hydrogen) atoms. The minimum atomic E-state index is 0.270. The maximum absolute atomic E-state index is 10.4. The quantitative estimate of drug-likeness (QED) is 0.701. The topological polar surface area (TPSA) is 43.1 Å². The highest BCUT2D eigenvalue weighted by Crippen LogP contribution is 2.21. The monoisotopic (exact) mass is 225 g/mol. The zero-order valence-corrected chi connectivity index (χ0v) is 7.54. The third-order valence-corrected chi connectivity index (χ3v) is 2.07. The Kier molecular flexibility index (Phi) is 1.69. The lowest BCUT2D eigenvalue weighted by Crippen LogP contribution is -1.73. The molecule has 2 aromatic rings. The van der Waals surface area contributed by atoms with E-state index < -0.39 is 0 Å². The van der Waals surface area contributed by atoms with Crippen LogP contribution in [0.4, 0.5) is 0 Å². The first kappa shape index (κ1) is 7.49. The second-order valence-corrected chi connectivity index (χ2v) is 3.24. The largest absolute Gasteiger partial charge is 0.352 e. The van der Waals surface area contributed by atoms with Crippen LogP contribution in [0.1, 0.15) is 10.6 Å². The van der Waals surface area contributed by atoms with E-state index in [9.17, 15) is 4.79 Å². The Morgan fingerprint density at radius 1 is 1.50 bits per heavy atom. The molecule has 0 fully saturated rings. The van der Waals surface area contributed by atoms with Crippen LogP contribution in [0, 0.1) is 0 Å². The maximum Gasteiger partial charge on any atom is 0.207 e. The summed E-state index contributed by atoms with van der Waals surface area (Å²) in [6.45, 7) is 0. The van der Waals surface area contributed by atoms with E-state index in [-0.39, 0.29) is 5.76 Å². The van der Waals surface area contributed by atoms with E-state index >= 15 is 0 Å². The van der Waals surface area contributed by atoms with E-state index in [0.29, 0.717) is 11.8 Å². The van der Waals surface area contributed by atoms with Crippen LogP contribution in [0.15, 0.2) is 27.2 Å². The number of rotatable bonds is 1. The summed E-state index contributed by atoms with van der Waals surface area (Å²) in [5.74, 6) is 0.270. The van der Waals surface area contributed by atoms with Crippen LogP contribution in [0.25, 0.3) is 10.9 Å². The van der Waals surface area contributed by atoms with E-state index in [2.05, 4.69) is 21.1 Å². The molecule has 0 saturated heterocycles. The Morgan fingerprint density at radius 3 is 3.08 bits per heavy atom. The number of hydrogen-bond acceptors (Lipinski definition) is 3. The fourth-order valence-corrected chi connectivity index (χ4v) is 1.38. The number of carbonyl (C=O) groups is 1. The van der Waals surface area contributed by atoms with E-state index in [1.165, 1.54) is 0 Å². The highest BCUT2D eigenvalue weighted by atomic mass is 79.9. The molecule has 2 rings (SSSR count). The molecule has 0 bridgehead atoms. The van der Waals surface area contributed by atoms with Crippen molar-refractivity contribution in [2.45, 2.75) is 0 Å². The molecule has 0 amide bonds. The number of fused-ring (bicyclic) bond motifs is 1. The molecule has 0 N–H and O–H groups in total. The molecule has 3 nitrogen and oxygen atoms in total. The molecule has 0 saturated carbocycles. The van der Waals surface area contributed by atoms with Gasteiger partial charge in [-0.15, -0.1) is 0 Å². The van der Waals surface area contributed by atoms with Gasteiger partial charge in [0.05, 0.1) is 5.39 Å². The average Bonchev–Trinajstić information content (AvgIpc) is 2.46. The number of benzene rings is 1. The van der Waals surface area contributed by atoms with Crippen molar-refractivity contribution >= 4 is 33.1 Å². The number of halogens is 1. The van der Waals surface area contributed by atoms with Crippen molar-refractivity contribution in [1.29, 1.82) is 0 Å². The molecule has 1 aromatic heterocycles. The number of nitrogens with zero attached hydrogens (tertiary/aromatic N) is 1. The highest BCUT2D eigenvalue weighted by Gasteiger charge is 2.06. The van der Waals surface area contributed by atoms with Gasteiger partial charge in [-0.25, -0.2) is 0 Å². The predicted molar refractivity (Wildman–Crippen MR) is 47.1 cm³/mol. The molecule has 1 heterocycles. The lowest BCUT2D eigenvalue weighted by Gasteiger charge is -1.87. The Bertz CT molecular complexity index is 436. The Morgan fingerprint density at radius 2 is 2.33 bits per heavy atom. The molecule has 0 aliphatic heterocycles.